The van der Waals surface area contributed by atoms with E-state index in [0.29, 0.717) is 25.1 Å². The molecular weight excluding hydrogens is 256 g/mol. The normalized spacial score (nSPS) is 13.7. The first kappa shape index (κ1) is 15.2. The standard InChI is InChI=1S/C11H20N2O4S/c1-3-9(6-7-14)13-18(15,16)11-5-4-10(17-11)8-12-2/h4-5,9,12-14H,3,6-8H2,1-2H3. The second-order valence-electron chi connectivity index (χ2n) is 3.99. The number of furan rings is 1. The molecule has 1 aromatic rings. The van der Waals surface area contributed by atoms with Gasteiger partial charge in [-0.2, -0.15) is 0 Å². The Morgan fingerprint density at radius 3 is 2.72 bits per heavy atom. The van der Waals surface area contributed by atoms with Crippen molar-refractivity contribution in [3.05, 3.63) is 17.9 Å². The number of rotatable bonds is 8. The van der Waals surface area contributed by atoms with Crippen molar-refractivity contribution in [3.63, 3.8) is 0 Å². The average molecular weight is 276 g/mol. The molecule has 0 fully saturated rings. The van der Waals surface area contributed by atoms with E-state index >= 15 is 0 Å². The van der Waals surface area contributed by atoms with Crippen molar-refractivity contribution in [1.82, 2.24) is 10.0 Å². The smallest absolute Gasteiger partial charge is 0.274 e. The van der Waals surface area contributed by atoms with Crippen molar-refractivity contribution in [2.45, 2.75) is 37.4 Å². The Morgan fingerprint density at radius 2 is 2.17 bits per heavy atom. The van der Waals surface area contributed by atoms with Crippen LogP contribution in [0.25, 0.3) is 0 Å². The van der Waals surface area contributed by atoms with E-state index in [4.69, 9.17) is 9.52 Å². The lowest BCUT2D eigenvalue weighted by atomic mass is 10.2. The van der Waals surface area contributed by atoms with Crippen LogP contribution in [0.2, 0.25) is 0 Å². The first-order valence-corrected chi connectivity index (χ1v) is 7.38. The quantitative estimate of drug-likeness (QED) is 0.641. The van der Waals surface area contributed by atoms with E-state index in [9.17, 15) is 8.42 Å². The first-order valence-electron chi connectivity index (χ1n) is 5.90. The van der Waals surface area contributed by atoms with Crippen molar-refractivity contribution < 1.29 is 17.9 Å². The molecule has 6 nitrogen and oxygen atoms in total. The van der Waals surface area contributed by atoms with E-state index in [1.165, 1.54) is 6.07 Å². The number of hydrogen-bond donors (Lipinski definition) is 3. The molecule has 7 heteroatoms. The van der Waals surface area contributed by atoms with E-state index in [0.717, 1.165) is 0 Å². The summed E-state index contributed by atoms with van der Waals surface area (Å²) >= 11 is 0. The van der Waals surface area contributed by atoms with Crippen LogP contribution >= 0.6 is 0 Å². The van der Waals surface area contributed by atoms with E-state index < -0.39 is 10.0 Å². The molecule has 1 aromatic heterocycles. The lowest BCUT2D eigenvalue weighted by Crippen LogP contribution is -2.34. The Labute approximate surface area is 107 Å². The molecule has 1 rings (SSSR count). The fraction of sp³-hybridized carbons (Fsp3) is 0.636. The third-order valence-electron chi connectivity index (χ3n) is 2.55. The summed E-state index contributed by atoms with van der Waals surface area (Å²) in [5.74, 6) is 0.563. The topological polar surface area (TPSA) is 91.6 Å². The van der Waals surface area contributed by atoms with Gasteiger partial charge in [-0.1, -0.05) is 6.92 Å². The number of aliphatic hydroxyl groups excluding tert-OH is 1. The fourth-order valence-electron chi connectivity index (χ4n) is 1.55. The van der Waals surface area contributed by atoms with Gasteiger partial charge in [0.25, 0.3) is 10.0 Å². The van der Waals surface area contributed by atoms with Crippen LogP contribution in [0, 0.1) is 0 Å². The minimum atomic E-state index is -3.65. The number of sulfonamides is 1. The zero-order valence-corrected chi connectivity index (χ0v) is 11.5. The van der Waals surface area contributed by atoms with Gasteiger partial charge in [0, 0.05) is 12.6 Å². The molecule has 0 bridgehead atoms. The summed E-state index contributed by atoms with van der Waals surface area (Å²) in [6.45, 7) is 2.28. The summed E-state index contributed by atoms with van der Waals surface area (Å²) in [5.41, 5.74) is 0. The molecular formula is C11H20N2O4S. The van der Waals surface area contributed by atoms with Crippen LogP contribution in [0.3, 0.4) is 0 Å². The van der Waals surface area contributed by atoms with E-state index in [-0.39, 0.29) is 17.7 Å². The molecule has 0 saturated carbocycles. The molecule has 0 saturated heterocycles. The third-order valence-corrected chi connectivity index (χ3v) is 3.94. The van der Waals surface area contributed by atoms with Gasteiger partial charge in [-0.3, -0.25) is 0 Å². The molecule has 0 aliphatic carbocycles. The molecule has 1 unspecified atom stereocenters. The lowest BCUT2D eigenvalue weighted by Gasteiger charge is -2.14. The molecule has 18 heavy (non-hydrogen) atoms. The van der Waals surface area contributed by atoms with E-state index in [2.05, 4.69) is 10.0 Å². The predicted octanol–water partition coefficient (Wildman–Crippen LogP) is 0.438. The molecule has 3 N–H and O–H groups in total. The Balaban J connectivity index is 2.78. The Hall–Kier alpha value is -0.890. The van der Waals surface area contributed by atoms with Crippen molar-refractivity contribution in [1.29, 1.82) is 0 Å². The van der Waals surface area contributed by atoms with Gasteiger partial charge in [0.05, 0.1) is 6.54 Å². The van der Waals surface area contributed by atoms with Gasteiger partial charge in [0.1, 0.15) is 5.76 Å². The Bertz CT molecular complexity index is 455. The van der Waals surface area contributed by atoms with Crippen molar-refractivity contribution in [3.8, 4) is 0 Å². The molecule has 0 aliphatic heterocycles. The second kappa shape index (κ2) is 6.89. The molecule has 0 radical (unpaired) electrons. The average Bonchev–Trinajstić information content (AvgIpc) is 2.78. The van der Waals surface area contributed by atoms with Crippen LogP contribution in [0.1, 0.15) is 25.5 Å². The summed E-state index contributed by atoms with van der Waals surface area (Å²) in [6.07, 6.45) is 1.00. The third kappa shape index (κ3) is 4.09. The number of nitrogens with one attached hydrogen (secondary N) is 2. The zero-order chi connectivity index (χ0) is 13.6. The fourth-order valence-corrected chi connectivity index (χ4v) is 2.86. The minimum absolute atomic E-state index is 0.0514. The van der Waals surface area contributed by atoms with Gasteiger partial charge in [0.15, 0.2) is 0 Å². The second-order valence-corrected chi connectivity index (χ2v) is 5.63. The van der Waals surface area contributed by atoms with Gasteiger partial charge < -0.3 is 14.8 Å². The minimum Gasteiger partial charge on any atom is -0.447 e. The molecule has 1 atom stereocenters. The maximum absolute atomic E-state index is 12.0. The number of hydrogen-bond acceptors (Lipinski definition) is 5. The highest BCUT2D eigenvalue weighted by Gasteiger charge is 2.22. The van der Waals surface area contributed by atoms with Crippen LogP contribution < -0.4 is 10.0 Å². The van der Waals surface area contributed by atoms with Crippen LogP contribution in [0.5, 0.6) is 0 Å². The van der Waals surface area contributed by atoms with Gasteiger partial charge >= 0.3 is 0 Å². The zero-order valence-electron chi connectivity index (χ0n) is 10.6. The van der Waals surface area contributed by atoms with Crippen molar-refractivity contribution >= 4 is 10.0 Å². The summed E-state index contributed by atoms with van der Waals surface area (Å²) < 4.78 is 31.7. The lowest BCUT2D eigenvalue weighted by molar-refractivity contribution is 0.269. The van der Waals surface area contributed by atoms with Gasteiger partial charge in [-0.05, 0) is 32.0 Å². The summed E-state index contributed by atoms with van der Waals surface area (Å²) in [7, 11) is -1.89. The molecule has 104 valence electrons. The van der Waals surface area contributed by atoms with Crippen molar-refractivity contribution in [2.24, 2.45) is 0 Å². The van der Waals surface area contributed by atoms with Crippen LogP contribution in [0.4, 0.5) is 0 Å². The first-order chi connectivity index (χ1) is 8.53. The van der Waals surface area contributed by atoms with E-state index in [1.807, 2.05) is 6.92 Å². The Morgan fingerprint density at radius 1 is 1.44 bits per heavy atom. The van der Waals surface area contributed by atoms with Gasteiger partial charge in [-0.25, -0.2) is 13.1 Å². The van der Waals surface area contributed by atoms with Crippen molar-refractivity contribution in [2.75, 3.05) is 13.7 Å². The van der Waals surface area contributed by atoms with Crippen LogP contribution in [-0.4, -0.2) is 33.2 Å². The van der Waals surface area contributed by atoms with Crippen LogP contribution in [0.15, 0.2) is 21.6 Å². The summed E-state index contributed by atoms with van der Waals surface area (Å²) in [6, 6.07) is 2.77. The molecule has 1 heterocycles. The monoisotopic (exact) mass is 276 g/mol. The van der Waals surface area contributed by atoms with Gasteiger partial charge in [0.2, 0.25) is 5.09 Å². The van der Waals surface area contributed by atoms with E-state index in [1.54, 1.807) is 13.1 Å². The molecule has 0 aliphatic rings. The highest BCUT2D eigenvalue weighted by molar-refractivity contribution is 7.89. The maximum atomic E-state index is 12.0. The van der Waals surface area contributed by atoms with Crippen LogP contribution in [-0.2, 0) is 16.6 Å². The highest BCUT2D eigenvalue weighted by Crippen LogP contribution is 2.15. The molecule has 0 aromatic carbocycles. The molecule has 0 spiro atoms. The predicted molar refractivity (Wildman–Crippen MR) is 67.6 cm³/mol. The van der Waals surface area contributed by atoms with Gasteiger partial charge in [-0.15, -0.1) is 0 Å². The SMILES string of the molecule is CCC(CCO)NS(=O)(=O)c1ccc(CNC)o1. The highest BCUT2D eigenvalue weighted by atomic mass is 32.2. The largest absolute Gasteiger partial charge is 0.447 e. The maximum Gasteiger partial charge on any atom is 0.274 e. The number of aliphatic hydroxyl groups is 1. The molecule has 0 amide bonds. The summed E-state index contributed by atoms with van der Waals surface area (Å²) in [4.78, 5) is 0. The Kier molecular flexibility index (Phi) is 5.80. The summed E-state index contributed by atoms with van der Waals surface area (Å²) in [5, 5.41) is 11.6.